The highest BCUT2D eigenvalue weighted by atomic mass is 16.4. The first-order chi connectivity index (χ1) is 5.13. The summed E-state index contributed by atoms with van der Waals surface area (Å²) in [4.78, 5) is 12.6. The second kappa shape index (κ2) is 3.19. The molecular weight excluding hydrogens is 144 g/mol. The summed E-state index contributed by atoms with van der Waals surface area (Å²) in [6, 6.07) is 0.146. The molecule has 0 spiro atoms. The molecule has 2 N–H and O–H groups in total. The number of rotatable bonds is 2. The van der Waals surface area contributed by atoms with Crippen LogP contribution < -0.4 is 5.32 Å². The van der Waals surface area contributed by atoms with Crippen LogP contribution in [0.5, 0.6) is 0 Å². The van der Waals surface area contributed by atoms with Gasteiger partial charge >= 0.3 is 5.97 Å². The molecule has 0 aliphatic carbocycles. The average Bonchev–Trinajstić information content (AvgIpc) is 2.32. The number of carboxylic acids is 1. The van der Waals surface area contributed by atoms with Crippen LogP contribution in [0.15, 0.2) is 0 Å². The van der Waals surface area contributed by atoms with E-state index in [0.29, 0.717) is 6.54 Å². The van der Waals surface area contributed by atoms with Crippen molar-refractivity contribution in [3.05, 3.63) is 0 Å². The van der Waals surface area contributed by atoms with Gasteiger partial charge in [-0.15, -0.1) is 0 Å². The summed E-state index contributed by atoms with van der Waals surface area (Å²) in [6.07, 6.45) is 0. The lowest BCUT2D eigenvalue weighted by Gasteiger charge is -2.21. The van der Waals surface area contributed by atoms with E-state index >= 15 is 0 Å². The first-order valence-corrected chi connectivity index (χ1v) is 3.73. The lowest BCUT2D eigenvalue weighted by Crippen LogP contribution is -2.38. The van der Waals surface area contributed by atoms with Gasteiger partial charge in [-0.05, 0) is 14.1 Å². The SMILES string of the molecule is CN(C)C1CNCC1C(=O)O. The van der Waals surface area contributed by atoms with E-state index < -0.39 is 5.97 Å². The van der Waals surface area contributed by atoms with Crippen LogP contribution in [-0.4, -0.2) is 49.2 Å². The Morgan fingerprint density at radius 2 is 2.18 bits per heavy atom. The Balaban J connectivity index is 2.58. The molecule has 4 heteroatoms. The van der Waals surface area contributed by atoms with Gasteiger partial charge in [0.1, 0.15) is 0 Å². The van der Waals surface area contributed by atoms with Gasteiger partial charge in [-0.3, -0.25) is 4.79 Å². The summed E-state index contributed by atoms with van der Waals surface area (Å²) in [5, 5.41) is 11.8. The first-order valence-electron chi connectivity index (χ1n) is 3.73. The molecule has 1 rings (SSSR count). The third-order valence-electron chi connectivity index (χ3n) is 2.16. The monoisotopic (exact) mass is 158 g/mol. The van der Waals surface area contributed by atoms with Crippen LogP contribution in [0.1, 0.15) is 0 Å². The third-order valence-corrected chi connectivity index (χ3v) is 2.16. The maximum absolute atomic E-state index is 10.6. The molecule has 64 valence electrons. The van der Waals surface area contributed by atoms with Crippen molar-refractivity contribution in [2.75, 3.05) is 27.2 Å². The van der Waals surface area contributed by atoms with Crippen LogP contribution in [0.2, 0.25) is 0 Å². The smallest absolute Gasteiger partial charge is 0.309 e. The van der Waals surface area contributed by atoms with Gasteiger partial charge in [0.2, 0.25) is 0 Å². The summed E-state index contributed by atoms with van der Waals surface area (Å²) in [5.74, 6) is -0.946. The minimum Gasteiger partial charge on any atom is -0.481 e. The summed E-state index contributed by atoms with van der Waals surface area (Å²) in [5.41, 5.74) is 0. The second-order valence-corrected chi connectivity index (χ2v) is 3.13. The van der Waals surface area contributed by atoms with Crippen LogP contribution in [0.25, 0.3) is 0 Å². The van der Waals surface area contributed by atoms with Crippen molar-refractivity contribution >= 4 is 5.97 Å². The number of carbonyl (C=O) groups is 1. The number of nitrogens with zero attached hydrogens (tertiary/aromatic N) is 1. The van der Waals surface area contributed by atoms with Gasteiger partial charge in [-0.1, -0.05) is 0 Å². The zero-order valence-electron chi connectivity index (χ0n) is 6.87. The highest BCUT2D eigenvalue weighted by molar-refractivity contribution is 5.71. The second-order valence-electron chi connectivity index (χ2n) is 3.13. The molecule has 0 aromatic heterocycles. The predicted molar refractivity (Wildman–Crippen MR) is 41.5 cm³/mol. The zero-order chi connectivity index (χ0) is 8.43. The largest absolute Gasteiger partial charge is 0.481 e. The van der Waals surface area contributed by atoms with E-state index in [2.05, 4.69) is 5.32 Å². The maximum Gasteiger partial charge on any atom is 0.309 e. The highest BCUT2D eigenvalue weighted by Gasteiger charge is 2.33. The molecule has 2 unspecified atom stereocenters. The molecule has 0 radical (unpaired) electrons. The summed E-state index contributed by atoms with van der Waals surface area (Å²) in [7, 11) is 3.82. The van der Waals surface area contributed by atoms with E-state index in [1.807, 2.05) is 19.0 Å². The lowest BCUT2D eigenvalue weighted by atomic mass is 10.0. The molecule has 1 aliphatic heterocycles. The fourth-order valence-electron chi connectivity index (χ4n) is 1.46. The van der Waals surface area contributed by atoms with Gasteiger partial charge in [0.15, 0.2) is 0 Å². The van der Waals surface area contributed by atoms with Crippen LogP contribution in [0.3, 0.4) is 0 Å². The van der Waals surface area contributed by atoms with Gasteiger partial charge in [0.05, 0.1) is 5.92 Å². The van der Waals surface area contributed by atoms with Gasteiger partial charge < -0.3 is 15.3 Å². The van der Waals surface area contributed by atoms with E-state index in [9.17, 15) is 4.79 Å². The minimum absolute atomic E-state index is 0.146. The topological polar surface area (TPSA) is 52.6 Å². The summed E-state index contributed by atoms with van der Waals surface area (Å²) < 4.78 is 0. The lowest BCUT2D eigenvalue weighted by molar-refractivity contribution is -0.142. The molecule has 1 aliphatic rings. The van der Waals surface area contributed by atoms with Crippen molar-refractivity contribution in [2.45, 2.75) is 6.04 Å². The van der Waals surface area contributed by atoms with Crippen LogP contribution in [0, 0.1) is 5.92 Å². The molecule has 1 saturated heterocycles. The van der Waals surface area contributed by atoms with E-state index in [1.54, 1.807) is 0 Å². The summed E-state index contributed by atoms with van der Waals surface area (Å²) >= 11 is 0. The van der Waals surface area contributed by atoms with E-state index in [-0.39, 0.29) is 12.0 Å². The molecule has 4 nitrogen and oxygen atoms in total. The number of hydrogen-bond acceptors (Lipinski definition) is 3. The molecule has 0 aromatic rings. The molecule has 0 amide bonds. The molecule has 11 heavy (non-hydrogen) atoms. The number of nitrogens with one attached hydrogen (secondary N) is 1. The number of likely N-dealkylation sites (N-methyl/N-ethyl adjacent to an activating group) is 1. The van der Waals surface area contributed by atoms with Gasteiger partial charge in [-0.2, -0.15) is 0 Å². The molecule has 1 heterocycles. The molecule has 2 atom stereocenters. The Bertz CT molecular complexity index is 159. The van der Waals surface area contributed by atoms with E-state index in [4.69, 9.17) is 5.11 Å². The van der Waals surface area contributed by atoms with Crippen LogP contribution >= 0.6 is 0 Å². The summed E-state index contributed by atoms with van der Waals surface area (Å²) in [6.45, 7) is 1.38. The number of carboxylic acid groups (broad SMARTS) is 1. The van der Waals surface area contributed by atoms with Crippen molar-refractivity contribution in [2.24, 2.45) is 5.92 Å². The molecule has 0 bridgehead atoms. The quantitative estimate of drug-likeness (QED) is 0.553. The Morgan fingerprint density at radius 1 is 1.55 bits per heavy atom. The van der Waals surface area contributed by atoms with Crippen molar-refractivity contribution in [3.63, 3.8) is 0 Å². The standard InChI is InChI=1S/C7H14N2O2/c1-9(2)6-4-8-3-5(6)7(10)11/h5-6,8H,3-4H2,1-2H3,(H,10,11). The first kappa shape index (κ1) is 8.49. The Kier molecular flexibility index (Phi) is 2.46. The van der Waals surface area contributed by atoms with Crippen molar-refractivity contribution < 1.29 is 9.90 Å². The minimum atomic E-state index is -0.700. The third kappa shape index (κ3) is 1.70. The van der Waals surface area contributed by atoms with E-state index in [1.165, 1.54) is 0 Å². The Hall–Kier alpha value is -0.610. The van der Waals surface area contributed by atoms with E-state index in [0.717, 1.165) is 6.54 Å². The van der Waals surface area contributed by atoms with Crippen LogP contribution in [0.4, 0.5) is 0 Å². The Morgan fingerprint density at radius 3 is 2.55 bits per heavy atom. The van der Waals surface area contributed by atoms with Gasteiger partial charge in [0, 0.05) is 19.1 Å². The molecule has 0 aromatic carbocycles. The molecular formula is C7H14N2O2. The fraction of sp³-hybridized carbons (Fsp3) is 0.857. The number of aliphatic carboxylic acids is 1. The van der Waals surface area contributed by atoms with Crippen molar-refractivity contribution in [1.82, 2.24) is 10.2 Å². The molecule has 0 saturated carbocycles. The maximum atomic E-state index is 10.6. The van der Waals surface area contributed by atoms with Gasteiger partial charge in [-0.25, -0.2) is 0 Å². The average molecular weight is 158 g/mol. The van der Waals surface area contributed by atoms with Crippen LogP contribution in [-0.2, 0) is 4.79 Å². The fourth-order valence-corrected chi connectivity index (χ4v) is 1.46. The Labute approximate surface area is 66.2 Å². The predicted octanol–water partition coefficient (Wildman–Crippen LogP) is -0.779. The molecule has 1 fully saturated rings. The normalized spacial score (nSPS) is 31.2. The number of hydrogen-bond donors (Lipinski definition) is 2. The zero-order valence-corrected chi connectivity index (χ0v) is 6.87. The van der Waals surface area contributed by atoms with Crippen molar-refractivity contribution in [1.29, 1.82) is 0 Å². The highest BCUT2D eigenvalue weighted by Crippen LogP contribution is 2.12. The van der Waals surface area contributed by atoms with Gasteiger partial charge in [0.25, 0.3) is 0 Å². The van der Waals surface area contributed by atoms with Crippen molar-refractivity contribution in [3.8, 4) is 0 Å².